The van der Waals surface area contributed by atoms with Crippen LogP contribution in [0.25, 0.3) is 0 Å². The molecule has 2 atom stereocenters. The normalized spacial score (nSPS) is 16.6. The summed E-state index contributed by atoms with van der Waals surface area (Å²) in [6, 6.07) is 4.24. The molecule has 0 spiro atoms. The summed E-state index contributed by atoms with van der Waals surface area (Å²) in [7, 11) is 0. The molecule has 0 aliphatic rings. The molecule has 2 nitrogen and oxygen atoms in total. The molecule has 96 valence electrons. The van der Waals surface area contributed by atoms with E-state index in [2.05, 4.69) is 32.9 Å². The second kappa shape index (κ2) is 5.19. The summed E-state index contributed by atoms with van der Waals surface area (Å²) < 4.78 is 0. The first-order valence-electron chi connectivity index (χ1n) is 6.25. The summed E-state index contributed by atoms with van der Waals surface area (Å²) >= 11 is 0. The summed E-state index contributed by atoms with van der Waals surface area (Å²) in [5.74, 6) is 0. The van der Waals surface area contributed by atoms with Crippen molar-refractivity contribution in [3.05, 3.63) is 34.4 Å². The van der Waals surface area contributed by atoms with Crippen LogP contribution in [0.15, 0.2) is 12.1 Å². The van der Waals surface area contributed by atoms with Gasteiger partial charge < -0.3 is 10.2 Å². The highest BCUT2D eigenvalue weighted by Crippen LogP contribution is 2.23. The first-order valence-corrected chi connectivity index (χ1v) is 6.25. The predicted molar refractivity (Wildman–Crippen MR) is 71.3 cm³/mol. The third-order valence-electron chi connectivity index (χ3n) is 3.67. The van der Waals surface area contributed by atoms with Gasteiger partial charge in [0.1, 0.15) is 0 Å². The van der Waals surface area contributed by atoms with E-state index in [-0.39, 0.29) is 0 Å². The molecule has 0 fully saturated rings. The quantitative estimate of drug-likeness (QED) is 0.844. The van der Waals surface area contributed by atoms with Crippen LogP contribution in [0.1, 0.15) is 42.5 Å². The maximum atomic E-state index is 10.1. The van der Waals surface area contributed by atoms with Crippen LogP contribution in [0.4, 0.5) is 0 Å². The molecule has 0 bridgehead atoms. The number of hydrogen-bond acceptors (Lipinski definition) is 2. The summed E-state index contributed by atoms with van der Waals surface area (Å²) in [6.07, 6.45) is 0.351. The fourth-order valence-electron chi connectivity index (χ4n) is 2.18. The Labute approximate surface area is 104 Å². The van der Waals surface area contributed by atoms with Gasteiger partial charge in [0.2, 0.25) is 0 Å². The Morgan fingerprint density at radius 1 is 1.18 bits per heavy atom. The Kier molecular flexibility index (Phi) is 4.34. The molecule has 2 N–H and O–H groups in total. The highest BCUT2D eigenvalue weighted by Gasteiger charge is 2.28. The van der Waals surface area contributed by atoms with Crippen LogP contribution in [0.2, 0.25) is 0 Å². The molecule has 1 rings (SSSR count). The number of aliphatic hydroxyl groups excluding tert-OH is 1. The number of benzene rings is 1. The summed E-state index contributed by atoms with van der Waals surface area (Å²) in [5, 5.41) is 20.1. The van der Waals surface area contributed by atoms with E-state index >= 15 is 0 Å². The van der Waals surface area contributed by atoms with E-state index in [1.54, 1.807) is 6.92 Å². The van der Waals surface area contributed by atoms with Crippen molar-refractivity contribution in [3.8, 4) is 0 Å². The second-order valence-corrected chi connectivity index (χ2v) is 5.31. The van der Waals surface area contributed by atoms with Gasteiger partial charge in [-0.25, -0.2) is 0 Å². The van der Waals surface area contributed by atoms with Crippen LogP contribution >= 0.6 is 0 Å². The van der Waals surface area contributed by atoms with Gasteiger partial charge in [-0.15, -0.1) is 0 Å². The summed E-state index contributed by atoms with van der Waals surface area (Å²) in [4.78, 5) is 0. The van der Waals surface area contributed by atoms with E-state index < -0.39 is 11.7 Å². The maximum Gasteiger partial charge on any atom is 0.0878 e. The fourth-order valence-corrected chi connectivity index (χ4v) is 2.18. The Hall–Kier alpha value is -0.860. The second-order valence-electron chi connectivity index (χ2n) is 5.31. The van der Waals surface area contributed by atoms with Crippen LogP contribution in [0.5, 0.6) is 0 Å². The Morgan fingerprint density at radius 3 is 2.06 bits per heavy atom. The topological polar surface area (TPSA) is 40.5 Å². The van der Waals surface area contributed by atoms with Crippen molar-refractivity contribution in [3.63, 3.8) is 0 Å². The molecule has 0 aromatic heterocycles. The number of hydrogen-bond donors (Lipinski definition) is 2. The van der Waals surface area contributed by atoms with Gasteiger partial charge in [-0.3, -0.25) is 0 Å². The summed E-state index contributed by atoms with van der Waals surface area (Å²) in [5.41, 5.74) is 3.75. The van der Waals surface area contributed by atoms with Crippen molar-refractivity contribution in [2.45, 2.75) is 59.2 Å². The van der Waals surface area contributed by atoms with Crippen molar-refractivity contribution >= 4 is 0 Å². The third-order valence-corrected chi connectivity index (χ3v) is 3.67. The highest BCUT2D eigenvalue weighted by molar-refractivity contribution is 5.38. The standard InChI is InChI=1S/C15H24O2/c1-6-15(5,17)14(16)9-13-11(3)7-10(2)8-12(13)4/h7-8,14,16-17H,6,9H2,1-5H3. The molecule has 1 aromatic carbocycles. The molecule has 0 aliphatic heterocycles. The first-order chi connectivity index (χ1) is 7.77. The van der Waals surface area contributed by atoms with Crippen LogP contribution in [-0.2, 0) is 6.42 Å². The molecule has 0 saturated carbocycles. The minimum atomic E-state index is -1.01. The Bertz CT molecular complexity index is 371. The van der Waals surface area contributed by atoms with Crippen molar-refractivity contribution in [1.29, 1.82) is 0 Å². The largest absolute Gasteiger partial charge is 0.390 e. The number of aliphatic hydroxyl groups is 2. The van der Waals surface area contributed by atoms with Crippen molar-refractivity contribution in [2.75, 3.05) is 0 Å². The predicted octanol–water partition coefficient (Wildman–Crippen LogP) is 2.68. The van der Waals surface area contributed by atoms with Gasteiger partial charge in [0, 0.05) is 6.42 Å². The van der Waals surface area contributed by atoms with E-state index in [1.165, 1.54) is 16.7 Å². The molecule has 17 heavy (non-hydrogen) atoms. The van der Waals surface area contributed by atoms with Gasteiger partial charge in [0.15, 0.2) is 0 Å². The molecule has 0 heterocycles. The lowest BCUT2D eigenvalue weighted by molar-refractivity contribution is -0.0630. The van der Waals surface area contributed by atoms with Gasteiger partial charge >= 0.3 is 0 Å². The van der Waals surface area contributed by atoms with Crippen molar-refractivity contribution in [2.24, 2.45) is 0 Å². The minimum absolute atomic E-state index is 0.513. The smallest absolute Gasteiger partial charge is 0.0878 e. The molecule has 2 heteroatoms. The highest BCUT2D eigenvalue weighted by atomic mass is 16.3. The summed E-state index contributed by atoms with van der Waals surface area (Å²) in [6.45, 7) is 9.77. The van der Waals surface area contributed by atoms with Gasteiger partial charge in [-0.05, 0) is 50.8 Å². The lowest BCUT2D eigenvalue weighted by Gasteiger charge is -2.28. The number of aryl methyl sites for hydroxylation is 3. The van der Waals surface area contributed by atoms with Crippen LogP contribution in [-0.4, -0.2) is 21.9 Å². The van der Waals surface area contributed by atoms with E-state index in [1.807, 2.05) is 6.92 Å². The van der Waals surface area contributed by atoms with Crippen LogP contribution in [0, 0.1) is 20.8 Å². The van der Waals surface area contributed by atoms with Gasteiger partial charge in [-0.2, -0.15) is 0 Å². The third kappa shape index (κ3) is 3.30. The molecule has 0 radical (unpaired) electrons. The van der Waals surface area contributed by atoms with E-state index in [0.29, 0.717) is 12.8 Å². The Balaban J connectivity index is 2.96. The molecule has 2 unspecified atom stereocenters. The van der Waals surface area contributed by atoms with Gasteiger partial charge in [-0.1, -0.05) is 24.6 Å². The fraction of sp³-hybridized carbons (Fsp3) is 0.600. The molecular weight excluding hydrogens is 212 g/mol. The molecule has 0 amide bonds. The molecular formula is C15H24O2. The van der Waals surface area contributed by atoms with Gasteiger partial charge in [0.05, 0.1) is 11.7 Å². The molecule has 0 saturated heterocycles. The van der Waals surface area contributed by atoms with Crippen LogP contribution < -0.4 is 0 Å². The monoisotopic (exact) mass is 236 g/mol. The zero-order chi connectivity index (χ0) is 13.2. The zero-order valence-electron chi connectivity index (χ0n) is 11.5. The maximum absolute atomic E-state index is 10.1. The SMILES string of the molecule is CCC(C)(O)C(O)Cc1c(C)cc(C)cc1C. The molecule has 0 aliphatic carbocycles. The lowest BCUT2D eigenvalue weighted by Crippen LogP contribution is -2.40. The van der Waals surface area contributed by atoms with E-state index in [0.717, 1.165) is 5.56 Å². The zero-order valence-corrected chi connectivity index (χ0v) is 11.5. The van der Waals surface area contributed by atoms with Crippen LogP contribution in [0.3, 0.4) is 0 Å². The Morgan fingerprint density at radius 2 is 1.65 bits per heavy atom. The van der Waals surface area contributed by atoms with E-state index in [9.17, 15) is 10.2 Å². The minimum Gasteiger partial charge on any atom is -0.390 e. The first kappa shape index (κ1) is 14.2. The number of rotatable bonds is 4. The average Bonchev–Trinajstić information content (AvgIpc) is 2.22. The molecule has 1 aromatic rings. The lowest BCUT2D eigenvalue weighted by atomic mass is 9.87. The average molecular weight is 236 g/mol. The van der Waals surface area contributed by atoms with Crippen molar-refractivity contribution in [1.82, 2.24) is 0 Å². The van der Waals surface area contributed by atoms with Crippen molar-refractivity contribution < 1.29 is 10.2 Å². The van der Waals surface area contributed by atoms with Gasteiger partial charge in [0.25, 0.3) is 0 Å². The van der Waals surface area contributed by atoms with E-state index in [4.69, 9.17) is 0 Å².